The summed E-state index contributed by atoms with van der Waals surface area (Å²) >= 11 is 0. The van der Waals surface area contributed by atoms with Gasteiger partial charge in [-0.1, -0.05) is 0 Å². The molecule has 0 aliphatic heterocycles. The summed E-state index contributed by atoms with van der Waals surface area (Å²) < 4.78 is 5.39. The number of H-pyrrole nitrogens is 1. The third-order valence-electron chi connectivity index (χ3n) is 2.79. The standard InChI is InChI=1S/C15H16N2O3/c1-3-20-12-4-5-13(10(2)8-12)17-15(19)11-6-7-16-14(18)9-11/h4-9H,3H2,1-2H3,(H,16,18)(H,17,19). The normalized spacial score (nSPS) is 10.1. The van der Waals surface area contributed by atoms with E-state index < -0.39 is 0 Å². The zero-order valence-electron chi connectivity index (χ0n) is 11.4. The van der Waals surface area contributed by atoms with Gasteiger partial charge in [-0.3, -0.25) is 9.59 Å². The third kappa shape index (κ3) is 3.26. The number of carbonyl (C=O) groups excluding carboxylic acids is 1. The molecule has 1 amide bonds. The van der Waals surface area contributed by atoms with Crippen LogP contribution in [0.25, 0.3) is 0 Å². The van der Waals surface area contributed by atoms with Crippen LogP contribution in [0, 0.1) is 6.92 Å². The number of aromatic nitrogens is 1. The Kier molecular flexibility index (Phi) is 4.20. The van der Waals surface area contributed by atoms with Gasteiger partial charge in [0.1, 0.15) is 5.75 Å². The predicted molar refractivity (Wildman–Crippen MR) is 77.4 cm³/mol. The van der Waals surface area contributed by atoms with Crippen LogP contribution in [0.1, 0.15) is 22.8 Å². The number of aromatic amines is 1. The van der Waals surface area contributed by atoms with Crippen LogP contribution in [0.2, 0.25) is 0 Å². The summed E-state index contributed by atoms with van der Waals surface area (Å²) in [5.41, 5.74) is 1.61. The van der Waals surface area contributed by atoms with Gasteiger partial charge in [-0.05, 0) is 43.7 Å². The predicted octanol–water partition coefficient (Wildman–Crippen LogP) is 2.33. The summed E-state index contributed by atoms with van der Waals surface area (Å²) in [6.07, 6.45) is 1.45. The third-order valence-corrected chi connectivity index (χ3v) is 2.79. The molecule has 0 atom stereocenters. The summed E-state index contributed by atoms with van der Waals surface area (Å²) in [7, 11) is 0. The molecule has 0 aliphatic rings. The van der Waals surface area contributed by atoms with Crippen molar-refractivity contribution in [2.75, 3.05) is 11.9 Å². The van der Waals surface area contributed by atoms with Crippen LogP contribution in [0.15, 0.2) is 41.3 Å². The van der Waals surface area contributed by atoms with Crippen LogP contribution in [-0.4, -0.2) is 17.5 Å². The molecule has 2 N–H and O–H groups in total. The lowest BCUT2D eigenvalue weighted by atomic mass is 10.1. The molecular formula is C15H16N2O3. The SMILES string of the molecule is CCOc1ccc(NC(=O)c2cc[nH]c(=O)c2)c(C)c1. The molecule has 1 aromatic heterocycles. The lowest BCUT2D eigenvalue weighted by molar-refractivity contribution is 0.102. The summed E-state index contributed by atoms with van der Waals surface area (Å²) in [5, 5.41) is 2.78. The number of aryl methyl sites for hydroxylation is 1. The van der Waals surface area contributed by atoms with Crippen LogP contribution >= 0.6 is 0 Å². The van der Waals surface area contributed by atoms with E-state index >= 15 is 0 Å². The number of hydrogen-bond acceptors (Lipinski definition) is 3. The van der Waals surface area contributed by atoms with Crippen molar-refractivity contribution in [2.45, 2.75) is 13.8 Å². The fourth-order valence-electron chi connectivity index (χ4n) is 1.81. The molecule has 0 radical (unpaired) electrons. The van der Waals surface area contributed by atoms with E-state index in [4.69, 9.17) is 4.74 Å². The average Bonchev–Trinajstić information content (AvgIpc) is 2.42. The Bertz CT molecular complexity index is 677. The number of nitrogens with one attached hydrogen (secondary N) is 2. The molecule has 0 aliphatic carbocycles. The maximum absolute atomic E-state index is 12.0. The Morgan fingerprint density at radius 1 is 1.30 bits per heavy atom. The zero-order valence-corrected chi connectivity index (χ0v) is 11.4. The Hall–Kier alpha value is -2.56. The molecule has 0 saturated carbocycles. The topological polar surface area (TPSA) is 71.2 Å². The Balaban J connectivity index is 2.17. The van der Waals surface area contributed by atoms with E-state index in [1.807, 2.05) is 19.9 Å². The first kappa shape index (κ1) is 13.9. The smallest absolute Gasteiger partial charge is 0.255 e. The van der Waals surface area contributed by atoms with Gasteiger partial charge in [0, 0.05) is 23.5 Å². The summed E-state index contributed by atoms with van der Waals surface area (Å²) in [4.78, 5) is 25.7. The van der Waals surface area contributed by atoms with Crippen molar-refractivity contribution >= 4 is 11.6 Å². The molecule has 1 heterocycles. The highest BCUT2D eigenvalue weighted by atomic mass is 16.5. The lowest BCUT2D eigenvalue weighted by Gasteiger charge is -2.10. The van der Waals surface area contributed by atoms with Crippen molar-refractivity contribution in [3.63, 3.8) is 0 Å². The average molecular weight is 272 g/mol. The molecule has 2 aromatic rings. The minimum atomic E-state index is -0.316. The number of anilines is 1. The Labute approximate surface area is 116 Å². The molecule has 104 valence electrons. The van der Waals surface area contributed by atoms with E-state index in [0.29, 0.717) is 17.9 Å². The number of carbonyl (C=O) groups is 1. The number of rotatable bonds is 4. The maximum Gasteiger partial charge on any atom is 0.255 e. The first-order valence-corrected chi connectivity index (χ1v) is 6.33. The molecule has 1 aromatic carbocycles. The Morgan fingerprint density at radius 2 is 2.10 bits per heavy atom. The van der Waals surface area contributed by atoms with Crippen molar-refractivity contribution in [2.24, 2.45) is 0 Å². The van der Waals surface area contributed by atoms with Crippen molar-refractivity contribution in [3.8, 4) is 5.75 Å². The van der Waals surface area contributed by atoms with Crippen molar-refractivity contribution in [1.29, 1.82) is 0 Å². The van der Waals surface area contributed by atoms with Gasteiger partial charge >= 0.3 is 0 Å². The summed E-state index contributed by atoms with van der Waals surface area (Å²) in [5.74, 6) is 0.447. The fourth-order valence-corrected chi connectivity index (χ4v) is 1.81. The van der Waals surface area contributed by atoms with Gasteiger partial charge in [0.05, 0.1) is 6.61 Å². The van der Waals surface area contributed by atoms with Crippen LogP contribution in [0.5, 0.6) is 5.75 Å². The highest BCUT2D eigenvalue weighted by Gasteiger charge is 2.08. The van der Waals surface area contributed by atoms with Gasteiger partial charge in [-0.2, -0.15) is 0 Å². The van der Waals surface area contributed by atoms with E-state index in [0.717, 1.165) is 11.3 Å². The second-order valence-electron chi connectivity index (χ2n) is 4.31. The van der Waals surface area contributed by atoms with E-state index in [1.165, 1.54) is 12.3 Å². The van der Waals surface area contributed by atoms with E-state index in [2.05, 4.69) is 10.3 Å². The minimum absolute atomic E-state index is 0.305. The molecule has 5 heteroatoms. The number of benzene rings is 1. The molecule has 5 nitrogen and oxygen atoms in total. The van der Waals surface area contributed by atoms with E-state index in [9.17, 15) is 9.59 Å². The minimum Gasteiger partial charge on any atom is -0.494 e. The fraction of sp³-hybridized carbons (Fsp3) is 0.200. The van der Waals surface area contributed by atoms with Gasteiger partial charge in [0.25, 0.3) is 5.91 Å². The highest BCUT2D eigenvalue weighted by Crippen LogP contribution is 2.21. The van der Waals surface area contributed by atoms with Crippen LogP contribution in [-0.2, 0) is 0 Å². The first-order valence-electron chi connectivity index (χ1n) is 6.33. The van der Waals surface area contributed by atoms with Crippen molar-refractivity contribution in [3.05, 3.63) is 58.0 Å². The number of ether oxygens (including phenoxy) is 1. The second kappa shape index (κ2) is 6.06. The second-order valence-corrected chi connectivity index (χ2v) is 4.31. The van der Waals surface area contributed by atoms with Gasteiger partial charge in [0.2, 0.25) is 5.56 Å². The molecular weight excluding hydrogens is 256 g/mol. The summed E-state index contributed by atoms with van der Waals surface area (Å²) in [6.45, 7) is 4.39. The Morgan fingerprint density at radius 3 is 2.75 bits per heavy atom. The van der Waals surface area contributed by atoms with Crippen molar-refractivity contribution < 1.29 is 9.53 Å². The van der Waals surface area contributed by atoms with Gasteiger partial charge in [0.15, 0.2) is 0 Å². The lowest BCUT2D eigenvalue weighted by Crippen LogP contribution is -2.16. The molecule has 0 unspecified atom stereocenters. The highest BCUT2D eigenvalue weighted by molar-refractivity contribution is 6.04. The van der Waals surface area contributed by atoms with Gasteiger partial charge in [-0.15, -0.1) is 0 Å². The number of amides is 1. The van der Waals surface area contributed by atoms with Crippen LogP contribution in [0.4, 0.5) is 5.69 Å². The zero-order chi connectivity index (χ0) is 14.5. The van der Waals surface area contributed by atoms with Crippen molar-refractivity contribution in [1.82, 2.24) is 4.98 Å². The number of hydrogen-bond donors (Lipinski definition) is 2. The molecule has 0 saturated heterocycles. The number of pyridine rings is 1. The summed E-state index contributed by atoms with van der Waals surface area (Å²) in [6, 6.07) is 8.26. The van der Waals surface area contributed by atoms with E-state index in [-0.39, 0.29) is 11.5 Å². The molecule has 2 rings (SSSR count). The molecule has 0 bridgehead atoms. The van der Waals surface area contributed by atoms with Crippen LogP contribution < -0.4 is 15.6 Å². The molecule has 0 fully saturated rings. The molecule has 0 spiro atoms. The maximum atomic E-state index is 12.0. The van der Waals surface area contributed by atoms with Gasteiger partial charge < -0.3 is 15.0 Å². The quantitative estimate of drug-likeness (QED) is 0.897. The first-order chi connectivity index (χ1) is 9.60. The largest absolute Gasteiger partial charge is 0.494 e. The van der Waals surface area contributed by atoms with Crippen LogP contribution in [0.3, 0.4) is 0 Å². The van der Waals surface area contributed by atoms with E-state index in [1.54, 1.807) is 18.2 Å². The van der Waals surface area contributed by atoms with Gasteiger partial charge in [-0.25, -0.2) is 0 Å². The molecule has 20 heavy (non-hydrogen) atoms. The monoisotopic (exact) mass is 272 g/mol.